The van der Waals surface area contributed by atoms with E-state index < -0.39 is 225 Å². The van der Waals surface area contributed by atoms with Gasteiger partial charge in [0.1, 0.15) is 60.4 Å². The maximum absolute atomic E-state index is 14.0. The molecule has 24 N–H and O–H groups in total. The van der Waals surface area contributed by atoms with Crippen molar-refractivity contribution in [2.75, 3.05) is 6.54 Å². The number of aliphatic imine (C=N–C) groups is 1. The van der Waals surface area contributed by atoms with Gasteiger partial charge in [-0.1, -0.05) is 27.7 Å². The number of hydrogen-bond acceptors (Lipinski definition) is 19. The van der Waals surface area contributed by atoms with Crippen molar-refractivity contribution in [3.8, 4) is 0 Å². The molecule has 0 saturated carbocycles. The minimum Gasteiger partial charge on any atom is -0.481 e. The number of nitrogens with two attached hydrogens (primary N) is 4. The van der Waals surface area contributed by atoms with Crippen molar-refractivity contribution >= 4 is 94.9 Å². The van der Waals surface area contributed by atoms with E-state index in [9.17, 15) is 108 Å². The SMILES string of the molecule is CC(C)C[C@H](NC(=O)[C@H](CCCN=C(N)N)NC(=O)[C@@H](NC(=O)[C@H](CC(=O)O)NC(=O)[C@H](CCC(N)=O)NC(=O)[C@@H](NC(=O)[C@H](CCC(=O)O)NC(=O)[C@H](CCC(=O)O)NC(=O)[C@H](CCC(=O)O)NC(=O)[C@@H](N)[C@@H](C)O)C(C)C)[C@@H](C)O)C(=O)O. The van der Waals surface area contributed by atoms with Gasteiger partial charge in [-0.15, -0.1) is 0 Å². The molecule has 36 nitrogen and oxygen atoms in total. The molecule has 0 unspecified atom stereocenters. The lowest BCUT2D eigenvalue weighted by Crippen LogP contribution is -2.62. The molecule has 0 saturated heterocycles. The van der Waals surface area contributed by atoms with Crippen molar-refractivity contribution in [2.24, 2.45) is 39.8 Å². The second-order valence-corrected chi connectivity index (χ2v) is 20.5. The molecule has 0 fully saturated rings. The zero-order chi connectivity index (χ0) is 65.6. The number of hydrogen-bond donors (Lipinski definition) is 20. The first-order chi connectivity index (χ1) is 39.4. The van der Waals surface area contributed by atoms with Crippen LogP contribution in [0, 0.1) is 11.8 Å². The van der Waals surface area contributed by atoms with Gasteiger partial charge in [0.05, 0.1) is 18.6 Å². The van der Waals surface area contributed by atoms with Crippen LogP contribution in [0.3, 0.4) is 0 Å². The maximum atomic E-state index is 14.0. The minimum atomic E-state index is -2.15. The van der Waals surface area contributed by atoms with Crippen molar-refractivity contribution in [3.05, 3.63) is 0 Å². The molecule has 0 aromatic carbocycles. The third kappa shape index (κ3) is 30.9. The fourth-order valence-corrected chi connectivity index (χ4v) is 7.56. The minimum absolute atomic E-state index is 0.0246. The fraction of sp³-hybridized carbons (Fsp3) is 0.673. The van der Waals surface area contributed by atoms with Gasteiger partial charge in [-0.3, -0.25) is 72.1 Å². The second-order valence-electron chi connectivity index (χ2n) is 20.5. The highest BCUT2D eigenvalue weighted by atomic mass is 16.4. The number of guanidine groups is 1. The molecule has 0 heterocycles. The van der Waals surface area contributed by atoms with Crippen LogP contribution in [0.25, 0.3) is 0 Å². The molecular weight excluding hydrogens is 1140 g/mol. The van der Waals surface area contributed by atoms with Crippen LogP contribution in [-0.4, -0.2) is 210 Å². The lowest BCUT2D eigenvalue weighted by Gasteiger charge is -2.29. The first kappa shape index (κ1) is 76.2. The number of rotatable bonds is 42. The molecule has 0 radical (unpaired) electrons. The van der Waals surface area contributed by atoms with Crippen LogP contribution in [0.15, 0.2) is 4.99 Å². The molecule has 0 aliphatic carbocycles. The van der Waals surface area contributed by atoms with Crippen LogP contribution in [0.4, 0.5) is 0 Å². The Kier molecular flexibility index (Phi) is 34.2. The first-order valence-corrected chi connectivity index (χ1v) is 26.7. The monoisotopic (exact) mass is 1220 g/mol. The third-order valence-corrected chi connectivity index (χ3v) is 12.2. The van der Waals surface area contributed by atoms with Gasteiger partial charge in [0, 0.05) is 32.2 Å². The van der Waals surface area contributed by atoms with E-state index >= 15 is 0 Å². The molecule has 0 bridgehead atoms. The molecule has 0 rings (SSSR count). The third-order valence-electron chi connectivity index (χ3n) is 12.2. The van der Waals surface area contributed by atoms with E-state index in [0.29, 0.717) is 0 Å². The van der Waals surface area contributed by atoms with Gasteiger partial charge < -0.3 is 107 Å². The Morgan fingerprint density at radius 1 is 0.400 bits per heavy atom. The van der Waals surface area contributed by atoms with E-state index in [0.717, 1.165) is 13.8 Å². The summed E-state index contributed by atoms with van der Waals surface area (Å²) in [7, 11) is 0. The molecular formula is C49H82N14O22. The number of nitrogens with one attached hydrogen (secondary N) is 9. The van der Waals surface area contributed by atoms with Crippen LogP contribution < -0.4 is 70.8 Å². The van der Waals surface area contributed by atoms with Gasteiger partial charge in [0.15, 0.2) is 5.96 Å². The van der Waals surface area contributed by atoms with Crippen LogP contribution >= 0.6 is 0 Å². The Balaban J connectivity index is 6.96. The number of carbonyl (C=O) groups is 15. The van der Waals surface area contributed by atoms with Crippen LogP contribution in [-0.2, 0) is 71.9 Å². The number of aliphatic hydroxyl groups excluding tert-OH is 2. The zero-order valence-electron chi connectivity index (χ0n) is 47.8. The van der Waals surface area contributed by atoms with Gasteiger partial charge in [-0.25, -0.2) is 4.79 Å². The van der Waals surface area contributed by atoms with E-state index in [1.165, 1.54) is 13.8 Å². The van der Waals surface area contributed by atoms with Crippen molar-refractivity contribution in [3.63, 3.8) is 0 Å². The van der Waals surface area contributed by atoms with E-state index in [-0.39, 0.29) is 37.7 Å². The van der Waals surface area contributed by atoms with Crippen molar-refractivity contribution < 1.29 is 108 Å². The number of aliphatic hydroxyl groups is 2. The lowest BCUT2D eigenvalue weighted by molar-refractivity contribution is -0.143. The lowest BCUT2D eigenvalue weighted by atomic mass is 10.0. The molecule has 12 atom stereocenters. The van der Waals surface area contributed by atoms with Gasteiger partial charge >= 0.3 is 29.8 Å². The molecule has 0 aromatic rings. The number of primary amides is 1. The predicted molar refractivity (Wildman–Crippen MR) is 292 cm³/mol. The summed E-state index contributed by atoms with van der Waals surface area (Å²) < 4.78 is 0. The Labute approximate surface area is 486 Å². The van der Waals surface area contributed by atoms with Crippen molar-refractivity contribution in [1.29, 1.82) is 0 Å². The molecule has 480 valence electrons. The summed E-state index contributed by atoms with van der Waals surface area (Å²) in [4.78, 5) is 197. The largest absolute Gasteiger partial charge is 0.481 e. The highest BCUT2D eigenvalue weighted by molar-refractivity contribution is 6.00. The maximum Gasteiger partial charge on any atom is 0.326 e. The standard InChI is InChI=1S/C49H82N14O22/c1-20(2)18-30(48(84)85)61-39(75)24(8-7-17-54-49(52)53)58-47(83)38(23(6)65)63-44(80)29(19-35(73)74)60-42(78)25(9-13-31(50)66)59-46(82)37(21(3)4)62-43(79)28(12-16-34(71)72)56-40(76)26(10-14-32(67)68)55-41(77)27(11-15-33(69)70)57-45(81)36(51)22(5)64/h20-30,36-38,64-65H,7-19,51H2,1-6H3,(H2,50,66)(H,55,77)(H,56,76)(H,57,81)(H,58,83)(H,59,82)(H,60,78)(H,61,75)(H,62,79)(H,63,80)(H,67,68)(H,69,70)(H,71,72)(H,73,74)(H,84,85)(H4,52,53,54)/t22-,23-,24+,25+,26+,27+,28+,29+,30+,36+,37+,38+/m1/s1. The van der Waals surface area contributed by atoms with Crippen LogP contribution in [0.1, 0.15) is 119 Å². The second kappa shape index (κ2) is 38.1. The number of aliphatic carboxylic acids is 5. The molecule has 0 aromatic heterocycles. The Hall–Kier alpha value is -8.80. The quantitative estimate of drug-likeness (QED) is 0.0153. The first-order valence-electron chi connectivity index (χ1n) is 26.7. The molecule has 0 aliphatic rings. The average molecular weight is 1220 g/mol. The van der Waals surface area contributed by atoms with Crippen LogP contribution in [0.2, 0.25) is 0 Å². The summed E-state index contributed by atoms with van der Waals surface area (Å²) in [6, 6.07) is -17.9. The van der Waals surface area contributed by atoms with Crippen molar-refractivity contribution in [2.45, 2.75) is 191 Å². The van der Waals surface area contributed by atoms with Gasteiger partial charge in [0.2, 0.25) is 59.1 Å². The number of nitrogens with zero attached hydrogens (tertiary/aromatic N) is 1. The number of carboxylic acid groups (broad SMARTS) is 5. The Bertz CT molecular complexity index is 2420. The number of amides is 10. The Morgan fingerprint density at radius 2 is 0.741 bits per heavy atom. The predicted octanol–water partition coefficient (Wildman–Crippen LogP) is -7.39. The van der Waals surface area contributed by atoms with Crippen LogP contribution in [0.5, 0.6) is 0 Å². The molecule has 0 spiro atoms. The van der Waals surface area contributed by atoms with E-state index in [2.05, 4.69) is 52.8 Å². The summed E-state index contributed by atoms with van der Waals surface area (Å²) in [5.74, 6) is -21.4. The number of carbonyl (C=O) groups excluding carboxylic acids is 10. The number of carboxylic acids is 5. The normalized spacial score (nSPS) is 15.3. The van der Waals surface area contributed by atoms with E-state index in [4.69, 9.17) is 22.9 Å². The van der Waals surface area contributed by atoms with Gasteiger partial charge in [-0.05, 0) is 70.6 Å². The van der Waals surface area contributed by atoms with Gasteiger partial charge in [0.25, 0.3) is 0 Å². The highest BCUT2D eigenvalue weighted by Crippen LogP contribution is 2.12. The fourth-order valence-electron chi connectivity index (χ4n) is 7.56. The highest BCUT2D eigenvalue weighted by Gasteiger charge is 2.38. The summed E-state index contributed by atoms with van der Waals surface area (Å²) in [6.45, 7) is 8.19. The summed E-state index contributed by atoms with van der Waals surface area (Å²) in [5, 5.41) is 87.9. The summed E-state index contributed by atoms with van der Waals surface area (Å²) in [6.07, 6.45) is -10.5. The van der Waals surface area contributed by atoms with Crippen molar-refractivity contribution in [1.82, 2.24) is 47.9 Å². The van der Waals surface area contributed by atoms with E-state index in [1.54, 1.807) is 13.8 Å². The molecule has 85 heavy (non-hydrogen) atoms. The summed E-state index contributed by atoms with van der Waals surface area (Å²) in [5.41, 5.74) is 21.7. The topological polar surface area (TPSA) is 622 Å². The molecule has 36 heteroatoms. The van der Waals surface area contributed by atoms with E-state index in [1.807, 2.05) is 0 Å². The Morgan fingerprint density at radius 3 is 1.09 bits per heavy atom. The smallest absolute Gasteiger partial charge is 0.326 e. The zero-order valence-corrected chi connectivity index (χ0v) is 47.8. The van der Waals surface area contributed by atoms with Gasteiger partial charge in [-0.2, -0.15) is 0 Å². The molecule has 10 amide bonds. The molecule has 0 aliphatic heterocycles. The summed E-state index contributed by atoms with van der Waals surface area (Å²) >= 11 is 0. The average Bonchev–Trinajstić information content (AvgIpc) is 3.52.